The molecule has 18 heteroatoms. The standard InChI is InChI=1S/C81H140O16P2/c1-4-7-10-13-16-19-22-25-27-29-31-32-33-34-35-36-37-38-39-40-41-42-44-46-47-50-52-55-58-61-64-67-79(84)91-70-76(82)71-93-98(87,88)94-72-77(83)73-95-99(89,90)96-75-78(97-81(86)69-66-63-60-57-54-49-24-21-18-15-12-9-6-3)74-92-80(85)68-65-62-59-56-53-51-48-45-43-30-28-26-23-20-17-14-11-8-5-2/h8,11-12,15-17,19-21,24-28,31-32,34-35,43,45,76-78,82-83H,4-7,9-10,13-14,18,22-23,29-30,33,36-42,44,46-75H2,1-3H3,(H,87,88)(H,89,90)/b11-8-,15-12-,19-16-,20-17-,24-21-,27-25-,28-26-,32-31-,35-34-,45-43-. The molecule has 0 bridgehead atoms. The smallest absolute Gasteiger partial charge is 0.463 e. The zero-order valence-electron chi connectivity index (χ0n) is 62.1. The van der Waals surface area contributed by atoms with E-state index in [1.807, 2.05) is 0 Å². The molecule has 0 aliphatic heterocycles. The van der Waals surface area contributed by atoms with Crippen molar-refractivity contribution in [2.75, 3.05) is 39.6 Å². The van der Waals surface area contributed by atoms with Gasteiger partial charge in [-0.25, -0.2) is 9.13 Å². The maximum absolute atomic E-state index is 12.9. The molecule has 570 valence electrons. The third-order valence-electron chi connectivity index (χ3n) is 16.1. The van der Waals surface area contributed by atoms with Gasteiger partial charge in [-0.2, -0.15) is 0 Å². The first kappa shape index (κ1) is 94.9. The van der Waals surface area contributed by atoms with Gasteiger partial charge in [-0.05, 0) is 128 Å². The Morgan fingerprint density at radius 2 is 0.556 bits per heavy atom. The van der Waals surface area contributed by atoms with Crippen LogP contribution in [0.3, 0.4) is 0 Å². The fraction of sp³-hybridized carbons (Fsp3) is 0.716. The highest BCUT2D eigenvalue weighted by atomic mass is 31.2. The highest BCUT2D eigenvalue weighted by molar-refractivity contribution is 7.47. The lowest BCUT2D eigenvalue weighted by molar-refractivity contribution is -0.161. The molecule has 0 aromatic rings. The summed E-state index contributed by atoms with van der Waals surface area (Å²) in [6.45, 7) is 2.45. The van der Waals surface area contributed by atoms with Gasteiger partial charge in [0.15, 0.2) is 6.10 Å². The van der Waals surface area contributed by atoms with Gasteiger partial charge in [-0.1, -0.05) is 290 Å². The lowest BCUT2D eigenvalue weighted by Crippen LogP contribution is -2.30. The molecule has 0 aromatic carbocycles. The van der Waals surface area contributed by atoms with Gasteiger partial charge in [0.1, 0.15) is 25.4 Å². The predicted molar refractivity (Wildman–Crippen MR) is 408 cm³/mol. The van der Waals surface area contributed by atoms with Crippen molar-refractivity contribution < 1.29 is 75.8 Å². The summed E-state index contributed by atoms with van der Waals surface area (Å²) >= 11 is 0. The van der Waals surface area contributed by atoms with Crippen LogP contribution in [-0.4, -0.2) is 95.9 Å². The van der Waals surface area contributed by atoms with E-state index in [1.54, 1.807) is 0 Å². The number of phosphoric acid groups is 2. The average molecular weight is 1430 g/mol. The summed E-state index contributed by atoms with van der Waals surface area (Å²) in [5.41, 5.74) is 0. The second kappa shape index (κ2) is 73.7. The van der Waals surface area contributed by atoms with Gasteiger partial charge in [0.05, 0.1) is 26.4 Å². The number of aliphatic hydroxyl groups excluding tert-OH is 2. The second-order valence-corrected chi connectivity index (χ2v) is 28.7. The first-order valence-electron chi connectivity index (χ1n) is 38.8. The minimum Gasteiger partial charge on any atom is -0.463 e. The predicted octanol–water partition coefficient (Wildman–Crippen LogP) is 22.5. The molecule has 0 radical (unpaired) electrons. The topological polar surface area (TPSA) is 231 Å². The van der Waals surface area contributed by atoms with Crippen molar-refractivity contribution in [3.05, 3.63) is 122 Å². The molecule has 0 saturated carbocycles. The number of phosphoric ester groups is 2. The lowest BCUT2D eigenvalue weighted by Gasteiger charge is -2.21. The first-order valence-corrected chi connectivity index (χ1v) is 41.8. The number of allylic oxidation sites excluding steroid dienone is 20. The molecule has 0 fully saturated rings. The van der Waals surface area contributed by atoms with Gasteiger partial charge in [0, 0.05) is 19.3 Å². The molecule has 0 heterocycles. The number of carbonyl (C=O) groups is 3. The van der Waals surface area contributed by atoms with E-state index in [0.717, 1.165) is 154 Å². The van der Waals surface area contributed by atoms with Crippen LogP contribution in [-0.2, 0) is 55.8 Å². The minimum absolute atomic E-state index is 0.0830. The van der Waals surface area contributed by atoms with Crippen LogP contribution in [0, 0.1) is 0 Å². The highest BCUT2D eigenvalue weighted by Crippen LogP contribution is 2.45. The molecule has 99 heavy (non-hydrogen) atoms. The molecule has 4 N–H and O–H groups in total. The van der Waals surface area contributed by atoms with Crippen molar-refractivity contribution in [2.24, 2.45) is 0 Å². The summed E-state index contributed by atoms with van der Waals surface area (Å²) in [5, 5.41) is 20.6. The van der Waals surface area contributed by atoms with Crippen LogP contribution >= 0.6 is 15.6 Å². The zero-order valence-corrected chi connectivity index (χ0v) is 63.9. The Hall–Kier alpha value is -4.05. The largest absolute Gasteiger partial charge is 0.472 e. The molecular weight excluding hydrogens is 1290 g/mol. The maximum atomic E-state index is 12.9. The van der Waals surface area contributed by atoms with Crippen molar-refractivity contribution in [2.45, 2.75) is 334 Å². The van der Waals surface area contributed by atoms with Gasteiger partial charge >= 0.3 is 33.6 Å². The Kier molecular flexibility index (Phi) is 70.7. The lowest BCUT2D eigenvalue weighted by atomic mass is 10.0. The van der Waals surface area contributed by atoms with E-state index in [2.05, 4.69) is 142 Å². The van der Waals surface area contributed by atoms with E-state index in [9.17, 15) is 43.5 Å². The minimum atomic E-state index is -4.93. The van der Waals surface area contributed by atoms with Crippen LogP contribution in [0.4, 0.5) is 0 Å². The third-order valence-corrected chi connectivity index (χ3v) is 18.0. The molecular formula is C81H140O16P2. The Morgan fingerprint density at radius 1 is 0.293 bits per heavy atom. The van der Waals surface area contributed by atoms with E-state index < -0.39 is 91.5 Å². The van der Waals surface area contributed by atoms with E-state index in [-0.39, 0.29) is 19.3 Å². The molecule has 0 aliphatic rings. The van der Waals surface area contributed by atoms with Crippen molar-refractivity contribution in [1.29, 1.82) is 0 Å². The number of rotatable bonds is 73. The molecule has 0 amide bonds. The fourth-order valence-corrected chi connectivity index (χ4v) is 11.8. The monoisotopic (exact) mass is 1430 g/mol. The fourth-order valence-electron chi connectivity index (χ4n) is 10.2. The Balaban J connectivity index is 4.45. The van der Waals surface area contributed by atoms with Gasteiger partial charge in [0.25, 0.3) is 0 Å². The Morgan fingerprint density at radius 3 is 0.889 bits per heavy atom. The number of carbonyl (C=O) groups excluding carboxylic acids is 3. The van der Waals surface area contributed by atoms with Crippen molar-refractivity contribution in [1.82, 2.24) is 0 Å². The second-order valence-electron chi connectivity index (χ2n) is 25.8. The molecule has 0 aromatic heterocycles. The maximum Gasteiger partial charge on any atom is 0.472 e. The summed E-state index contributed by atoms with van der Waals surface area (Å²) in [4.78, 5) is 58.5. The van der Waals surface area contributed by atoms with E-state index in [0.29, 0.717) is 19.3 Å². The summed E-state index contributed by atoms with van der Waals surface area (Å²) in [5.74, 6) is -1.61. The first-order chi connectivity index (χ1) is 48.2. The van der Waals surface area contributed by atoms with Crippen LogP contribution in [0.5, 0.6) is 0 Å². The number of aliphatic hydroxyl groups is 2. The molecule has 0 aliphatic carbocycles. The Labute approximate surface area is 602 Å². The summed E-state index contributed by atoms with van der Waals surface area (Å²) < 4.78 is 61.0. The van der Waals surface area contributed by atoms with Gasteiger partial charge in [0.2, 0.25) is 0 Å². The van der Waals surface area contributed by atoms with E-state index >= 15 is 0 Å². The van der Waals surface area contributed by atoms with Crippen molar-refractivity contribution in [3.8, 4) is 0 Å². The number of ether oxygens (including phenoxy) is 3. The molecule has 5 unspecified atom stereocenters. The van der Waals surface area contributed by atoms with Crippen molar-refractivity contribution in [3.63, 3.8) is 0 Å². The van der Waals surface area contributed by atoms with Crippen LogP contribution in [0.25, 0.3) is 0 Å². The van der Waals surface area contributed by atoms with Crippen LogP contribution in [0.15, 0.2) is 122 Å². The van der Waals surface area contributed by atoms with Crippen molar-refractivity contribution >= 4 is 33.6 Å². The summed E-state index contributed by atoms with van der Waals surface area (Å²) in [6, 6.07) is 0. The average Bonchev–Trinajstić information content (AvgIpc) is 1.06. The van der Waals surface area contributed by atoms with Crippen LogP contribution in [0.2, 0.25) is 0 Å². The van der Waals surface area contributed by atoms with Crippen LogP contribution in [0.1, 0.15) is 316 Å². The third kappa shape index (κ3) is 74.9. The molecule has 0 saturated heterocycles. The molecule has 0 rings (SSSR count). The van der Waals surface area contributed by atoms with Gasteiger partial charge in [-0.15, -0.1) is 0 Å². The number of hydrogen-bond acceptors (Lipinski definition) is 14. The van der Waals surface area contributed by atoms with E-state index in [4.69, 9.17) is 32.3 Å². The molecule has 0 spiro atoms. The number of unbranched alkanes of at least 4 members (excludes halogenated alkanes) is 30. The van der Waals surface area contributed by atoms with Gasteiger partial charge in [-0.3, -0.25) is 32.5 Å². The normalized spacial score (nSPS) is 14.7. The SMILES string of the molecule is CC/C=C\C/C=C\C/C=C\C/C=C\CCCCCCCCC(=O)OCC(COP(=O)(O)OCC(O)COP(=O)(O)OCC(O)COC(=O)CCCCCCCCCCCCCCCCC/C=C\C/C=C\C/C=C\C/C=C\CCCCC)OC(=O)CCCCCCC/C=C\C/C=C\CCC. The highest BCUT2D eigenvalue weighted by Gasteiger charge is 2.29. The molecule has 5 atom stereocenters. The number of esters is 3. The quantitative estimate of drug-likeness (QED) is 0.0146. The summed E-state index contributed by atoms with van der Waals surface area (Å²) in [6.07, 6.45) is 86.9. The molecule has 16 nitrogen and oxygen atoms in total. The van der Waals surface area contributed by atoms with Crippen LogP contribution < -0.4 is 0 Å². The van der Waals surface area contributed by atoms with Gasteiger partial charge < -0.3 is 34.2 Å². The van der Waals surface area contributed by atoms with E-state index in [1.165, 1.54) is 103 Å². The zero-order chi connectivity index (χ0) is 72.3. The Bertz CT molecular complexity index is 2290. The number of hydrogen-bond donors (Lipinski definition) is 4. The summed E-state index contributed by atoms with van der Waals surface area (Å²) in [7, 11) is -9.79.